The zero-order valence-corrected chi connectivity index (χ0v) is 8.92. The molecule has 5 nitrogen and oxygen atoms in total. The first kappa shape index (κ1) is 10.6. The normalized spacial score (nSPS) is 19.1. The van der Waals surface area contributed by atoms with Gasteiger partial charge in [0.25, 0.3) is 5.69 Å². The SMILES string of the molecule is CC1CN(C=O)Cc2cc([N+](=O)[O-])ccc21. The molecule has 1 heterocycles. The molecule has 1 unspecified atom stereocenters. The van der Waals surface area contributed by atoms with Gasteiger partial charge in [0.2, 0.25) is 6.41 Å². The van der Waals surface area contributed by atoms with Crippen molar-refractivity contribution in [2.75, 3.05) is 6.54 Å². The molecule has 0 aromatic heterocycles. The molecular formula is C11H12N2O3. The van der Waals surface area contributed by atoms with Crippen LogP contribution in [0.3, 0.4) is 0 Å². The number of amides is 1. The molecule has 5 heteroatoms. The number of hydrogen-bond donors (Lipinski definition) is 0. The van der Waals surface area contributed by atoms with Crippen molar-refractivity contribution < 1.29 is 9.72 Å². The Morgan fingerprint density at radius 3 is 2.94 bits per heavy atom. The Kier molecular flexibility index (Phi) is 2.60. The van der Waals surface area contributed by atoms with E-state index in [2.05, 4.69) is 0 Å². The first-order valence-electron chi connectivity index (χ1n) is 5.08. The maximum Gasteiger partial charge on any atom is 0.269 e. The zero-order chi connectivity index (χ0) is 11.7. The topological polar surface area (TPSA) is 63.5 Å². The molecule has 0 saturated carbocycles. The quantitative estimate of drug-likeness (QED) is 0.432. The molecule has 2 rings (SSSR count). The molecule has 0 aliphatic carbocycles. The van der Waals surface area contributed by atoms with Crippen LogP contribution < -0.4 is 0 Å². The Labute approximate surface area is 92.8 Å². The van der Waals surface area contributed by atoms with Crippen LogP contribution in [0.15, 0.2) is 18.2 Å². The number of nitro benzene ring substituents is 1. The standard InChI is InChI=1S/C11H12N2O3/c1-8-5-12(7-14)6-9-4-10(13(15)16)2-3-11(8)9/h2-4,7-8H,5-6H2,1H3. The number of non-ortho nitro benzene ring substituents is 1. The van der Waals surface area contributed by atoms with Crippen molar-refractivity contribution in [1.29, 1.82) is 0 Å². The van der Waals surface area contributed by atoms with E-state index in [1.54, 1.807) is 17.0 Å². The van der Waals surface area contributed by atoms with Crippen LogP contribution in [-0.2, 0) is 11.3 Å². The molecule has 1 atom stereocenters. The lowest BCUT2D eigenvalue weighted by molar-refractivity contribution is -0.385. The van der Waals surface area contributed by atoms with Gasteiger partial charge < -0.3 is 4.90 Å². The van der Waals surface area contributed by atoms with Crippen molar-refractivity contribution in [3.8, 4) is 0 Å². The molecule has 0 saturated heterocycles. The number of fused-ring (bicyclic) bond motifs is 1. The van der Waals surface area contributed by atoms with Crippen LogP contribution in [0.25, 0.3) is 0 Å². The third-order valence-corrected chi connectivity index (χ3v) is 2.90. The lowest BCUT2D eigenvalue weighted by atomic mass is 9.91. The minimum absolute atomic E-state index is 0.0821. The number of carbonyl (C=O) groups is 1. The smallest absolute Gasteiger partial charge is 0.269 e. The van der Waals surface area contributed by atoms with Crippen LogP contribution in [0.5, 0.6) is 0 Å². The van der Waals surface area contributed by atoms with Crippen LogP contribution in [0.4, 0.5) is 5.69 Å². The molecule has 16 heavy (non-hydrogen) atoms. The van der Waals surface area contributed by atoms with E-state index in [0.717, 1.165) is 17.5 Å². The van der Waals surface area contributed by atoms with Crippen molar-refractivity contribution in [2.24, 2.45) is 0 Å². The van der Waals surface area contributed by atoms with Gasteiger partial charge in [-0.2, -0.15) is 0 Å². The van der Waals surface area contributed by atoms with E-state index in [1.165, 1.54) is 6.07 Å². The number of nitro groups is 1. The second-order valence-corrected chi connectivity index (χ2v) is 4.08. The maximum absolute atomic E-state index is 10.7. The summed E-state index contributed by atoms with van der Waals surface area (Å²) in [5.74, 6) is 0.231. The fourth-order valence-corrected chi connectivity index (χ4v) is 2.14. The van der Waals surface area contributed by atoms with Crippen LogP contribution >= 0.6 is 0 Å². The fraction of sp³-hybridized carbons (Fsp3) is 0.364. The summed E-state index contributed by atoms with van der Waals surface area (Å²) >= 11 is 0. The second kappa shape index (κ2) is 3.92. The highest BCUT2D eigenvalue weighted by molar-refractivity contribution is 5.51. The zero-order valence-electron chi connectivity index (χ0n) is 8.92. The van der Waals surface area contributed by atoms with Gasteiger partial charge in [-0.15, -0.1) is 0 Å². The van der Waals surface area contributed by atoms with E-state index in [-0.39, 0.29) is 11.6 Å². The van der Waals surface area contributed by atoms with E-state index in [9.17, 15) is 14.9 Å². The van der Waals surface area contributed by atoms with E-state index in [0.29, 0.717) is 13.1 Å². The van der Waals surface area contributed by atoms with Gasteiger partial charge in [-0.1, -0.05) is 13.0 Å². The van der Waals surface area contributed by atoms with Gasteiger partial charge in [0.1, 0.15) is 0 Å². The Balaban J connectivity index is 2.41. The third-order valence-electron chi connectivity index (χ3n) is 2.90. The predicted molar refractivity (Wildman–Crippen MR) is 58.0 cm³/mol. The third kappa shape index (κ3) is 1.76. The van der Waals surface area contributed by atoms with Gasteiger partial charge in [-0.05, 0) is 17.0 Å². The predicted octanol–water partition coefficient (Wildman–Crippen LogP) is 1.67. The van der Waals surface area contributed by atoms with E-state index < -0.39 is 4.92 Å². The van der Waals surface area contributed by atoms with Gasteiger partial charge in [0.05, 0.1) is 4.92 Å². The summed E-state index contributed by atoms with van der Waals surface area (Å²) < 4.78 is 0. The van der Waals surface area contributed by atoms with Crippen molar-refractivity contribution in [3.05, 3.63) is 39.4 Å². The number of rotatable bonds is 2. The van der Waals surface area contributed by atoms with Crippen LogP contribution in [0.1, 0.15) is 24.0 Å². The summed E-state index contributed by atoms with van der Waals surface area (Å²) in [7, 11) is 0. The molecule has 1 aliphatic rings. The summed E-state index contributed by atoms with van der Waals surface area (Å²) in [6, 6.07) is 4.87. The fourth-order valence-electron chi connectivity index (χ4n) is 2.14. The number of benzene rings is 1. The molecule has 0 N–H and O–H groups in total. The lowest BCUT2D eigenvalue weighted by Crippen LogP contribution is -2.31. The highest BCUT2D eigenvalue weighted by atomic mass is 16.6. The molecule has 0 radical (unpaired) electrons. The molecule has 1 amide bonds. The highest BCUT2D eigenvalue weighted by Crippen LogP contribution is 2.29. The Bertz CT molecular complexity index is 445. The van der Waals surface area contributed by atoms with Gasteiger partial charge in [0.15, 0.2) is 0 Å². The van der Waals surface area contributed by atoms with Gasteiger partial charge >= 0.3 is 0 Å². The molecular weight excluding hydrogens is 208 g/mol. The van der Waals surface area contributed by atoms with E-state index >= 15 is 0 Å². The molecule has 84 valence electrons. The number of hydrogen-bond acceptors (Lipinski definition) is 3. The maximum atomic E-state index is 10.7. The molecule has 0 spiro atoms. The highest BCUT2D eigenvalue weighted by Gasteiger charge is 2.22. The Hall–Kier alpha value is -1.91. The molecule has 1 aliphatic heterocycles. The Morgan fingerprint density at radius 2 is 2.31 bits per heavy atom. The van der Waals surface area contributed by atoms with Crippen molar-refractivity contribution in [3.63, 3.8) is 0 Å². The van der Waals surface area contributed by atoms with Gasteiger partial charge in [-0.3, -0.25) is 14.9 Å². The van der Waals surface area contributed by atoms with Crippen molar-refractivity contribution in [2.45, 2.75) is 19.4 Å². The average molecular weight is 220 g/mol. The molecule has 1 aromatic rings. The van der Waals surface area contributed by atoms with Crippen molar-refractivity contribution in [1.82, 2.24) is 4.90 Å². The molecule has 0 bridgehead atoms. The van der Waals surface area contributed by atoms with Crippen LogP contribution in [-0.4, -0.2) is 22.8 Å². The molecule has 1 aromatic carbocycles. The summed E-state index contributed by atoms with van der Waals surface area (Å²) in [5.41, 5.74) is 2.06. The second-order valence-electron chi connectivity index (χ2n) is 4.08. The summed E-state index contributed by atoms with van der Waals surface area (Å²) in [5, 5.41) is 10.6. The van der Waals surface area contributed by atoms with E-state index in [4.69, 9.17) is 0 Å². The summed E-state index contributed by atoms with van der Waals surface area (Å²) in [6.45, 7) is 3.15. The Morgan fingerprint density at radius 1 is 1.56 bits per heavy atom. The molecule has 0 fully saturated rings. The van der Waals surface area contributed by atoms with E-state index in [1.807, 2.05) is 6.92 Å². The largest absolute Gasteiger partial charge is 0.340 e. The monoisotopic (exact) mass is 220 g/mol. The summed E-state index contributed by atoms with van der Waals surface area (Å²) in [4.78, 5) is 22.6. The van der Waals surface area contributed by atoms with Crippen LogP contribution in [0.2, 0.25) is 0 Å². The summed E-state index contributed by atoms with van der Waals surface area (Å²) in [6.07, 6.45) is 0.790. The van der Waals surface area contributed by atoms with Crippen molar-refractivity contribution >= 4 is 12.1 Å². The number of nitrogens with zero attached hydrogens (tertiary/aromatic N) is 2. The lowest BCUT2D eigenvalue weighted by Gasteiger charge is -2.30. The van der Waals surface area contributed by atoms with Crippen LogP contribution in [0, 0.1) is 10.1 Å². The van der Waals surface area contributed by atoms with Gasteiger partial charge in [0, 0.05) is 25.2 Å². The first-order chi connectivity index (χ1) is 7.61. The minimum Gasteiger partial charge on any atom is -0.340 e. The minimum atomic E-state index is -0.412. The number of carbonyl (C=O) groups excluding carboxylic acids is 1. The van der Waals surface area contributed by atoms with Gasteiger partial charge in [-0.25, -0.2) is 0 Å². The first-order valence-corrected chi connectivity index (χ1v) is 5.08. The average Bonchev–Trinajstić information content (AvgIpc) is 2.28.